The van der Waals surface area contributed by atoms with Crippen LogP contribution in [0.2, 0.25) is 15.1 Å². The van der Waals surface area contributed by atoms with E-state index in [0.29, 0.717) is 40.1 Å². The van der Waals surface area contributed by atoms with Crippen LogP contribution < -0.4 is 10.1 Å². The molecule has 30 heavy (non-hydrogen) atoms. The summed E-state index contributed by atoms with van der Waals surface area (Å²) < 4.78 is 6.11. The zero-order valence-electron chi connectivity index (χ0n) is 16.8. The molecule has 0 aromatic heterocycles. The summed E-state index contributed by atoms with van der Waals surface area (Å²) in [5.74, 6) is 2.08. The Morgan fingerprint density at radius 1 is 0.933 bits per heavy atom. The Bertz CT molecular complexity index is 949. The van der Waals surface area contributed by atoms with Crippen molar-refractivity contribution in [2.45, 2.75) is 62.8 Å². The summed E-state index contributed by atoms with van der Waals surface area (Å²) >= 11 is 18.6. The van der Waals surface area contributed by atoms with Crippen LogP contribution in [0.4, 0.5) is 0 Å². The highest BCUT2D eigenvalue weighted by atomic mass is 35.5. The molecular weight excluding hydrogens is 441 g/mol. The predicted molar refractivity (Wildman–Crippen MR) is 121 cm³/mol. The minimum Gasteiger partial charge on any atom is -0.489 e. The molecule has 2 aromatic carbocycles. The van der Waals surface area contributed by atoms with Crippen molar-refractivity contribution in [1.29, 1.82) is 0 Å². The Kier molecular flexibility index (Phi) is 5.48. The Labute approximate surface area is 192 Å². The van der Waals surface area contributed by atoms with Gasteiger partial charge in [0.25, 0.3) is 0 Å². The van der Waals surface area contributed by atoms with E-state index in [1.807, 2.05) is 30.3 Å². The maximum Gasteiger partial charge on any atom is 0.124 e. The molecule has 2 N–H and O–H groups in total. The molecule has 3 nitrogen and oxygen atoms in total. The molecular formula is C24H26Cl3NO2. The highest BCUT2D eigenvalue weighted by Crippen LogP contribution is 2.57. The number of hydrogen-bond donors (Lipinski definition) is 2. The Hall–Kier alpha value is -0.970. The zero-order valence-corrected chi connectivity index (χ0v) is 19.0. The van der Waals surface area contributed by atoms with Crippen LogP contribution in [0.25, 0.3) is 0 Å². The second-order valence-electron chi connectivity index (χ2n) is 9.60. The Morgan fingerprint density at radius 2 is 1.63 bits per heavy atom. The minimum atomic E-state index is -0.476. The lowest BCUT2D eigenvalue weighted by Crippen LogP contribution is -2.64. The van der Waals surface area contributed by atoms with E-state index in [4.69, 9.17) is 39.5 Å². The molecule has 6 rings (SSSR count). The SMILES string of the molecule is OC12CC3CC(C1)CC(NCc1cc(Cl)ccc1OCc1ccc(Cl)cc1Cl)(C3)C2. The van der Waals surface area contributed by atoms with Crippen LogP contribution in [-0.4, -0.2) is 16.2 Å². The van der Waals surface area contributed by atoms with E-state index in [0.717, 1.165) is 49.0 Å². The van der Waals surface area contributed by atoms with Crippen molar-refractivity contribution in [3.63, 3.8) is 0 Å². The first-order chi connectivity index (χ1) is 14.3. The van der Waals surface area contributed by atoms with Crippen LogP contribution in [0.3, 0.4) is 0 Å². The average molecular weight is 467 g/mol. The molecule has 4 aliphatic carbocycles. The van der Waals surface area contributed by atoms with Crippen LogP contribution in [0.15, 0.2) is 36.4 Å². The highest BCUT2D eigenvalue weighted by molar-refractivity contribution is 6.35. The first kappa shape index (κ1) is 20.9. The van der Waals surface area contributed by atoms with Crippen LogP contribution >= 0.6 is 34.8 Å². The quantitative estimate of drug-likeness (QED) is 0.517. The van der Waals surface area contributed by atoms with Crippen LogP contribution in [-0.2, 0) is 13.2 Å². The van der Waals surface area contributed by atoms with E-state index in [-0.39, 0.29) is 5.54 Å². The van der Waals surface area contributed by atoms with Gasteiger partial charge < -0.3 is 15.2 Å². The van der Waals surface area contributed by atoms with E-state index in [9.17, 15) is 5.11 Å². The van der Waals surface area contributed by atoms with E-state index in [2.05, 4.69) is 5.32 Å². The van der Waals surface area contributed by atoms with E-state index >= 15 is 0 Å². The van der Waals surface area contributed by atoms with Gasteiger partial charge >= 0.3 is 0 Å². The number of rotatable bonds is 6. The first-order valence-electron chi connectivity index (χ1n) is 10.6. The second kappa shape index (κ2) is 7.86. The summed E-state index contributed by atoms with van der Waals surface area (Å²) in [5, 5.41) is 16.7. The van der Waals surface area contributed by atoms with Crippen molar-refractivity contribution in [2.75, 3.05) is 0 Å². The van der Waals surface area contributed by atoms with Gasteiger partial charge in [0.1, 0.15) is 12.4 Å². The molecule has 160 valence electrons. The van der Waals surface area contributed by atoms with Gasteiger partial charge in [-0.3, -0.25) is 0 Å². The molecule has 0 heterocycles. The number of halogens is 3. The lowest BCUT2D eigenvalue weighted by Gasteiger charge is -2.60. The molecule has 6 heteroatoms. The fourth-order valence-electron chi connectivity index (χ4n) is 6.32. The Balaban J connectivity index is 1.31. The first-order valence-corrected chi connectivity index (χ1v) is 11.8. The topological polar surface area (TPSA) is 41.5 Å². The summed E-state index contributed by atoms with van der Waals surface area (Å²) in [6.45, 7) is 1.03. The van der Waals surface area contributed by atoms with Crippen molar-refractivity contribution in [2.24, 2.45) is 11.8 Å². The third-order valence-corrected chi connectivity index (χ3v) is 7.93. The fourth-order valence-corrected chi connectivity index (χ4v) is 6.98. The maximum atomic E-state index is 11.0. The summed E-state index contributed by atoms with van der Waals surface area (Å²) in [6.07, 6.45) is 6.38. The summed E-state index contributed by atoms with van der Waals surface area (Å²) in [4.78, 5) is 0. The third kappa shape index (κ3) is 4.20. The molecule has 0 radical (unpaired) electrons. The molecule has 2 atom stereocenters. The molecule has 4 bridgehead atoms. The van der Waals surface area contributed by atoms with Gasteiger partial charge in [0.2, 0.25) is 0 Å². The van der Waals surface area contributed by atoms with E-state index in [1.165, 1.54) is 6.42 Å². The maximum absolute atomic E-state index is 11.0. The van der Waals surface area contributed by atoms with Gasteiger partial charge in [-0.25, -0.2) is 0 Å². The van der Waals surface area contributed by atoms with Gasteiger partial charge in [-0.15, -0.1) is 0 Å². The normalized spacial score (nSPS) is 31.9. The monoisotopic (exact) mass is 465 g/mol. The molecule has 0 aliphatic heterocycles. The van der Waals surface area contributed by atoms with Crippen LogP contribution in [0.5, 0.6) is 5.75 Å². The highest BCUT2D eigenvalue weighted by Gasteiger charge is 2.56. The summed E-state index contributed by atoms with van der Waals surface area (Å²) in [7, 11) is 0. The molecule has 0 spiro atoms. The van der Waals surface area contributed by atoms with Gasteiger partial charge in [-0.05, 0) is 80.7 Å². The fraction of sp³-hybridized carbons (Fsp3) is 0.500. The van der Waals surface area contributed by atoms with Gasteiger partial charge in [0.15, 0.2) is 0 Å². The van der Waals surface area contributed by atoms with Crippen molar-refractivity contribution in [1.82, 2.24) is 5.32 Å². The van der Waals surface area contributed by atoms with Gasteiger partial charge in [-0.2, -0.15) is 0 Å². The zero-order chi connectivity index (χ0) is 20.9. The van der Waals surface area contributed by atoms with Gasteiger partial charge in [0.05, 0.1) is 5.60 Å². The smallest absolute Gasteiger partial charge is 0.124 e. The van der Waals surface area contributed by atoms with Gasteiger partial charge in [0, 0.05) is 38.3 Å². The van der Waals surface area contributed by atoms with Crippen molar-refractivity contribution < 1.29 is 9.84 Å². The van der Waals surface area contributed by atoms with E-state index < -0.39 is 5.60 Å². The molecule has 2 unspecified atom stereocenters. The number of benzene rings is 2. The molecule has 4 saturated carbocycles. The number of aliphatic hydroxyl groups is 1. The number of nitrogens with one attached hydrogen (secondary N) is 1. The minimum absolute atomic E-state index is 0.0257. The lowest BCUT2D eigenvalue weighted by molar-refractivity contribution is -0.142. The molecule has 0 amide bonds. The molecule has 4 fully saturated rings. The van der Waals surface area contributed by atoms with Crippen LogP contribution in [0.1, 0.15) is 49.7 Å². The average Bonchev–Trinajstić information content (AvgIpc) is 2.65. The van der Waals surface area contributed by atoms with E-state index in [1.54, 1.807) is 6.07 Å². The summed E-state index contributed by atoms with van der Waals surface area (Å²) in [5.41, 5.74) is 1.46. The van der Waals surface area contributed by atoms with Crippen molar-refractivity contribution in [3.05, 3.63) is 62.6 Å². The summed E-state index contributed by atoms with van der Waals surface area (Å²) in [6, 6.07) is 11.1. The second-order valence-corrected chi connectivity index (χ2v) is 10.9. The number of hydrogen-bond acceptors (Lipinski definition) is 3. The third-order valence-electron chi connectivity index (χ3n) is 7.10. The number of ether oxygens (including phenoxy) is 1. The van der Waals surface area contributed by atoms with Gasteiger partial charge in [-0.1, -0.05) is 40.9 Å². The Morgan fingerprint density at radius 3 is 2.33 bits per heavy atom. The molecule has 0 saturated heterocycles. The molecule has 4 aliphatic rings. The standard InChI is InChI=1S/C24H26Cl3NO2/c25-19-3-4-22(30-13-17-1-2-20(26)7-21(17)27)18(6-19)12-28-23-8-15-5-16(9-23)11-24(29,10-15)14-23/h1-4,6-7,15-16,28-29H,5,8-14H2. The molecule has 2 aromatic rings. The van der Waals surface area contributed by atoms with Crippen molar-refractivity contribution >= 4 is 34.8 Å². The predicted octanol–water partition coefficient (Wildman–Crippen LogP) is 6.40. The largest absolute Gasteiger partial charge is 0.489 e. The lowest BCUT2D eigenvalue weighted by atomic mass is 9.51. The van der Waals surface area contributed by atoms with Crippen LogP contribution in [0, 0.1) is 11.8 Å². The van der Waals surface area contributed by atoms with Crippen molar-refractivity contribution in [3.8, 4) is 5.75 Å².